The fourth-order valence-electron chi connectivity index (χ4n) is 2.22. The molecule has 0 aliphatic carbocycles. The van der Waals surface area contributed by atoms with Gasteiger partial charge in [0.25, 0.3) is 0 Å². The lowest BCUT2D eigenvalue weighted by Crippen LogP contribution is -2.14. The summed E-state index contributed by atoms with van der Waals surface area (Å²) in [6.07, 6.45) is 0. The molecule has 1 aromatic carbocycles. The minimum absolute atomic E-state index is 0.0148. The van der Waals surface area contributed by atoms with Crippen LogP contribution in [0.1, 0.15) is 37.7 Å². The Morgan fingerprint density at radius 3 is 2.50 bits per heavy atom. The number of methoxy groups -OCH3 is 1. The SMILES string of the molecule is COc1c(-c2n[nH]c(CN)n2)cc(C)cc1C(C)(C)C. The largest absolute Gasteiger partial charge is 0.496 e. The van der Waals surface area contributed by atoms with E-state index in [1.165, 1.54) is 0 Å². The number of ether oxygens (including phenoxy) is 1. The lowest BCUT2D eigenvalue weighted by Gasteiger charge is -2.24. The number of hydrogen-bond donors (Lipinski definition) is 2. The van der Waals surface area contributed by atoms with Crippen LogP contribution in [0.2, 0.25) is 0 Å². The number of nitrogens with two attached hydrogens (primary N) is 1. The summed E-state index contributed by atoms with van der Waals surface area (Å²) in [4.78, 5) is 4.40. The third kappa shape index (κ3) is 2.67. The van der Waals surface area contributed by atoms with Gasteiger partial charge in [0.05, 0.1) is 19.2 Å². The topological polar surface area (TPSA) is 76.8 Å². The van der Waals surface area contributed by atoms with Gasteiger partial charge in [0.2, 0.25) is 0 Å². The fraction of sp³-hybridized carbons (Fsp3) is 0.467. The van der Waals surface area contributed by atoms with E-state index in [2.05, 4.69) is 48.9 Å². The van der Waals surface area contributed by atoms with Crippen molar-refractivity contribution in [1.29, 1.82) is 0 Å². The minimum atomic E-state index is -0.0148. The summed E-state index contributed by atoms with van der Waals surface area (Å²) >= 11 is 0. The molecule has 5 heteroatoms. The predicted molar refractivity (Wildman–Crippen MR) is 79.7 cm³/mol. The lowest BCUT2D eigenvalue weighted by molar-refractivity contribution is 0.399. The zero-order valence-corrected chi connectivity index (χ0v) is 12.7. The molecule has 2 aromatic rings. The van der Waals surface area contributed by atoms with Crippen LogP contribution < -0.4 is 10.5 Å². The van der Waals surface area contributed by atoms with Gasteiger partial charge < -0.3 is 10.5 Å². The Labute approximate surface area is 119 Å². The van der Waals surface area contributed by atoms with Crippen LogP contribution in [0.4, 0.5) is 0 Å². The van der Waals surface area contributed by atoms with Gasteiger partial charge in [-0.1, -0.05) is 26.8 Å². The van der Waals surface area contributed by atoms with Gasteiger partial charge in [-0.25, -0.2) is 4.98 Å². The highest BCUT2D eigenvalue weighted by Gasteiger charge is 2.23. The molecule has 20 heavy (non-hydrogen) atoms. The number of nitrogens with zero attached hydrogens (tertiary/aromatic N) is 2. The first-order valence-electron chi connectivity index (χ1n) is 6.67. The lowest BCUT2D eigenvalue weighted by atomic mass is 9.84. The summed E-state index contributed by atoms with van der Waals surface area (Å²) in [6, 6.07) is 4.19. The minimum Gasteiger partial charge on any atom is -0.496 e. The molecule has 5 nitrogen and oxygen atoms in total. The maximum atomic E-state index is 5.63. The van der Waals surface area contributed by atoms with Gasteiger partial charge in [0.1, 0.15) is 11.6 Å². The number of aromatic nitrogens is 3. The van der Waals surface area contributed by atoms with Crippen molar-refractivity contribution >= 4 is 0 Å². The van der Waals surface area contributed by atoms with E-state index in [1.54, 1.807) is 7.11 Å². The molecule has 1 heterocycles. The third-order valence-corrected chi connectivity index (χ3v) is 3.21. The Morgan fingerprint density at radius 1 is 1.30 bits per heavy atom. The number of nitrogens with one attached hydrogen (secondary N) is 1. The molecule has 0 unspecified atom stereocenters. The van der Waals surface area contributed by atoms with E-state index in [0.29, 0.717) is 18.2 Å². The summed E-state index contributed by atoms with van der Waals surface area (Å²) in [6.45, 7) is 8.90. The smallest absolute Gasteiger partial charge is 0.184 e. The van der Waals surface area contributed by atoms with Crippen molar-refractivity contribution in [3.05, 3.63) is 29.1 Å². The molecule has 108 valence electrons. The van der Waals surface area contributed by atoms with Gasteiger partial charge in [-0.3, -0.25) is 5.10 Å². The van der Waals surface area contributed by atoms with Crippen molar-refractivity contribution < 1.29 is 4.74 Å². The zero-order valence-electron chi connectivity index (χ0n) is 12.7. The molecule has 0 aliphatic rings. The van der Waals surface area contributed by atoms with E-state index in [1.807, 2.05) is 6.07 Å². The van der Waals surface area contributed by atoms with Crippen LogP contribution >= 0.6 is 0 Å². The number of benzene rings is 1. The van der Waals surface area contributed by atoms with Gasteiger partial charge in [0.15, 0.2) is 5.82 Å². The zero-order chi connectivity index (χ0) is 14.9. The van der Waals surface area contributed by atoms with E-state index in [4.69, 9.17) is 10.5 Å². The Kier molecular flexibility index (Phi) is 3.81. The molecule has 0 saturated heterocycles. The van der Waals surface area contributed by atoms with E-state index in [-0.39, 0.29) is 5.41 Å². The van der Waals surface area contributed by atoms with E-state index in [0.717, 1.165) is 22.4 Å². The molecule has 2 rings (SSSR count). The second kappa shape index (κ2) is 5.25. The van der Waals surface area contributed by atoms with Crippen LogP contribution in [0.15, 0.2) is 12.1 Å². The Bertz CT molecular complexity index is 611. The monoisotopic (exact) mass is 274 g/mol. The summed E-state index contributed by atoms with van der Waals surface area (Å²) < 4.78 is 5.63. The highest BCUT2D eigenvalue weighted by atomic mass is 16.5. The fourth-order valence-corrected chi connectivity index (χ4v) is 2.22. The number of rotatable bonds is 3. The van der Waals surface area contributed by atoms with Crippen molar-refractivity contribution in [1.82, 2.24) is 15.2 Å². The molecule has 0 amide bonds. The molecule has 0 spiro atoms. The number of H-pyrrole nitrogens is 1. The molecule has 1 aromatic heterocycles. The Morgan fingerprint density at radius 2 is 2.00 bits per heavy atom. The number of aryl methyl sites for hydroxylation is 1. The van der Waals surface area contributed by atoms with Crippen LogP contribution in [0, 0.1) is 6.92 Å². The van der Waals surface area contributed by atoms with Gasteiger partial charge in [-0.05, 0) is 24.0 Å². The van der Waals surface area contributed by atoms with E-state index in [9.17, 15) is 0 Å². The van der Waals surface area contributed by atoms with Crippen LogP contribution in [0.25, 0.3) is 11.4 Å². The van der Waals surface area contributed by atoms with Gasteiger partial charge in [0, 0.05) is 5.56 Å². The maximum absolute atomic E-state index is 5.63. The van der Waals surface area contributed by atoms with E-state index >= 15 is 0 Å². The number of aromatic amines is 1. The van der Waals surface area contributed by atoms with Crippen LogP contribution in [-0.4, -0.2) is 22.3 Å². The van der Waals surface area contributed by atoms with Crippen molar-refractivity contribution in [2.75, 3.05) is 7.11 Å². The van der Waals surface area contributed by atoms with Crippen molar-refractivity contribution in [3.63, 3.8) is 0 Å². The Balaban J connectivity index is 2.66. The molecule has 0 atom stereocenters. The quantitative estimate of drug-likeness (QED) is 0.901. The van der Waals surface area contributed by atoms with Crippen molar-refractivity contribution in [3.8, 4) is 17.1 Å². The number of hydrogen-bond acceptors (Lipinski definition) is 4. The molecule has 0 saturated carbocycles. The first-order valence-corrected chi connectivity index (χ1v) is 6.67. The Hall–Kier alpha value is -1.88. The summed E-state index contributed by atoms with van der Waals surface area (Å²) in [5.74, 6) is 2.11. The highest BCUT2D eigenvalue weighted by Crippen LogP contribution is 2.39. The molecule has 0 bridgehead atoms. The maximum Gasteiger partial charge on any atom is 0.184 e. The average molecular weight is 274 g/mol. The molecule has 0 radical (unpaired) electrons. The summed E-state index contributed by atoms with van der Waals surface area (Å²) in [5, 5.41) is 7.08. The first-order chi connectivity index (χ1) is 9.36. The third-order valence-electron chi connectivity index (χ3n) is 3.21. The molecule has 0 aliphatic heterocycles. The molecular weight excluding hydrogens is 252 g/mol. The van der Waals surface area contributed by atoms with Crippen molar-refractivity contribution in [2.45, 2.75) is 39.7 Å². The van der Waals surface area contributed by atoms with Crippen molar-refractivity contribution in [2.24, 2.45) is 5.73 Å². The highest BCUT2D eigenvalue weighted by molar-refractivity contribution is 5.68. The van der Waals surface area contributed by atoms with Gasteiger partial charge in [-0.2, -0.15) is 5.10 Å². The molecule has 0 fully saturated rings. The van der Waals surface area contributed by atoms with Crippen LogP contribution in [-0.2, 0) is 12.0 Å². The normalized spacial score (nSPS) is 11.7. The summed E-state index contributed by atoms with van der Waals surface area (Å²) in [7, 11) is 1.68. The molecule has 3 N–H and O–H groups in total. The van der Waals surface area contributed by atoms with Gasteiger partial charge in [-0.15, -0.1) is 0 Å². The summed E-state index contributed by atoms with van der Waals surface area (Å²) in [5.41, 5.74) is 8.76. The predicted octanol–water partition coefficient (Wildman–Crippen LogP) is 2.54. The van der Waals surface area contributed by atoms with Crippen LogP contribution in [0.5, 0.6) is 5.75 Å². The van der Waals surface area contributed by atoms with Crippen LogP contribution in [0.3, 0.4) is 0 Å². The van der Waals surface area contributed by atoms with Gasteiger partial charge >= 0.3 is 0 Å². The molecular formula is C15H22N4O. The second-order valence-electron chi connectivity index (χ2n) is 5.95. The first kappa shape index (κ1) is 14.5. The van der Waals surface area contributed by atoms with E-state index < -0.39 is 0 Å². The second-order valence-corrected chi connectivity index (χ2v) is 5.95. The average Bonchev–Trinajstić information content (AvgIpc) is 2.85. The standard InChI is InChI=1S/C15H22N4O/c1-9-6-10(14-17-12(8-16)18-19-14)13(20-5)11(7-9)15(2,3)4/h6-7H,8,16H2,1-5H3,(H,17,18,19).